The number of nitrogens with zero attached hydrogens (tertiary/aromatic N) is 1. The van der Waals surface area contributed by atoms with Gasteiger partial charge in [-0.15, -0.1) is 0 Å². The van der Waals surface area contributed by atoms with E-state index in [1.165, 1.54) is 31.3 Å². The fourth-order valence-electron chi connectivity index (χ4n) is 1.20. The van der Waals surface area contributed by atoms with Crippen LogP contribution in [0.25, 0.3) is 0 Å². The first-order valence-electron chi connectivity index (χ1n) is 5.91. The quantitative estimate of drug-likeness (QED) is 0.510. The van der Waals surface area contributed by atoms with Crippen LogP contribution in [0.1, 0.15) is 26.3 Å². The molecule has 7 heteroatoms. The van der Waals surface area contributed by atoms with Gasteiger partial charge in [0.15, 0.2) is 0 Å². The van der Waals surface area contributed by atoms with Gasteiger partial charge in [0.1, 0.15) is 5.60 Å². The molecule has 0 amide bonds. The van der Waals surface area contributed by atoms with E-state index in [1.807, 2.05) is 0 Å². The molecular weight excluding hydrogens is 334 g/mol. The molecule has 0 bridgehead atoms. The number of hydroxylamine groups is 1. The number of alkyl halides is 2. The number of hydrogen-bond acceptors (Lipinski definition) is 4. The van der Waals surface area contributed by atoms with Crippen molar-refractivity contribution in [3.63, 3.8) is 0 Å². The van der Waals surface area contributed by atoms with E-state index in [2.05, 4.69) is 26.6 Å². The highest BCUT2D eigenvalue weighted by Gasteiger charge is 2.42. The summed E-state index contributed by atoms with van der Waals surface area (Å²) in [7, 11) is 1.37. The van der Waals surface area contributed by atoms with Crippen molar-refractivity contribution in [2.45, 2.75) is 32.3 Å². The standard InChI is InChI=1S/C13H17BrF2N2O2/c1-12(2,3)20-18-11(19-17-4)13(15,16)9-5-7-10(14)8-6-9/h5-8,17H,1-4H3/b18-11-. The Morgan fingerprint density at radius 3 is 2.20 bits per heavy atom. The van der Waals surface area contributed by atoms with Crippen LogP contribution < -0.4 is 5.48 Å². The maximum atomic E-state index is 14.3. The highest BCUT2D eigenvalue weighted by Crippen LogP contribution is 2.31. The summed E-state index contributed by atoms with van der Waals surface area (Å²) in [6, 6.07) is 5.61. The van der Waals surface area contributed by atoms with E-state index in [1.54, 1.807) is 20.8 Å². The van der Waals surface area contributed by atoms with Gasteiger partial charge in [-0.3, -0.25) is 0 Å². The van der Waals surface area contributed by atoms with E-state index in [4.69, 9.17) is 9.68 Å². The molecule has 1 aromatic rings. The van der Waals surface area contributed by atoms with Crippen LogP contribution in [-0.2, 0) is 15.6 Å². The maximum absolute atomic E-state index is 14.3. The van der Waals surface area contributed by atoms with Gasteiger partial charge in [0.2, 0.25) is 0 Å². The van der Waals surface area contributed by atoms with E-state index in [0.29, 0.717) is 4.47 Å². The summed E-state index contributed by atoms with van der Waals surface area (Å²) in [6.07, 6.45) is 0. The molecule has 0 spiro atoms. The second-order valence-corrected chi connectivity index (χ2v) is 5.90. The molecule has 1 N–H and O–H groups in total. The molecule has 0 fully saturated rings. The molecule has 0 atom stereocenters. The number of benzene rings is 1. The Bertz CT molecular complexity index is 470. The van der Waals surface area contributed by atoms with Crippen molar-refractivity contribution in [2.75, 3.05) is 7.05 Å². The molecule has 0 aromatic heterocycles. The zero-order valence-corrected chi connectivity index (χ0v) is 13.3. The van der Waals surface area contributed by atoms with Gasteiger partial charge in [-0.05, 0) is 38.1 Å². The SMILES string of the molecule is CNO/C(=N\OC(C)(C)C)C(F)(F)c1ccc(Br)cc1. The molecule has 1 rings (SSSR count). The van der Waals surface area contributed by atoms with Crippen LogP contribution in [0.2, 0.25) is 0 Å². The van der Waals surface area contributed by atoms with Crippen LogP contribution in [0.3, 0.4) is 0 Å². The van der Waals surface area contributed by atoms with Gasteiger partial charge in [0.05, 0.1) is 0 Å². The summed E-state index contributed by atoms with van der Waals surface area (Å²) < 4.78 is 29.4. The minimum atomic E-state index is -3.41. The Labute approximate surface area is 125 Å². The van der Waals surface area contributed by atoms with E-state index >= 15 is 0 Å². The van der Waals surface area contributed by atoms with Crippen molar-refractivity contribution in [1.29, 1.82) is 0 Å². The Morgan fingerprint density at radius 2 is 1.75 bits per heavy atom. The highest BCUT2D eigenvalue weighted by molar-refractivity contribution is 9.10. The Balaban J connectivity index is 3.08. The normalized spacial score (nSPS) is 13.2. The van der Waals surface area contributed by atoms with Gasteiger partial charge in [-0.25, -0.2) is 0 Å². The summed E-state index contributed by atoms with van der Waals surface area (Å²) in [5, 5.41) is 3.43. The average molecular weight is 351 g/mol. The lowest BCUT2D eigenvalue weighted by molar-refractivity contribution is -0.0271. The Kier molecular flexibility index (Phi) is 5.47. The van der Waals surface area contributed by atoms with Crippen LogP contribution in [0.4, 0.5) is 8.78 Å². The average Bonchev–Trinajstić information content (AvgIpc) is 2.33. The topological polar surface area (TPSA) is 42.8 Å². The van der Waals surface area contributed by atoms with Crippen molar-refractivity contribution in [2.24, 2.45) is 5.16 Å². The molecule has 1 aromatic carbocycles. The van der Waals surface area contributed by atoms with E-state index in [-0.39, 0.29) is 5.56 Å². The van der Waals surface area contributed by atoms with Crippen LogP contribution in [-0.4, -0.2) is 18.5 Å². The van der Waals surface area contributed by atoms with E-state index in [9.17, 15) is 8.78 Å². The minimum absolute atomic E-state index is 0.243. The van der Waals surface area contributed by atoms with Crippen molar-refractivity contribution >= 4 is 21.8 Å². The second kappa shape index (κ2) is 6.49. The minimum Gasteiger partial charge on any atom is -0.387 e. The number of hydrogen-bond donors (Lipinski definition) is 1. The molecule has 0 unspecified atom stereocenters. The molecule has 0 aliphatic heterocycles. The molecule has 0 saturated heterocycles. The smallest absolute Gasteiger partial charge is 0.352 e. The summed E-state index contributed by atoms with van der Waals surface area (Å²) >= 11 is 3.19. The summed E-state index contributed by atoms with van der Waals surface area (Å²) in [4.78, 5) is 9.71. The van der Waals surface area contributed by atoms with Gasteiger partial charge in [0, 0.05) is 17.1 Å². The van der Waals surface area contributed by atoms with Crippen LogP contribution in [0, 0.1) is 0 Å². The van der Waals surface area contributed by atoms with Crippen molar-refractivity contribution in [3.8, 4) is 0 Å². The number of nitrogens with one attached hydrogen (secondary N) is 1. The predicted molar refractivity (Wildman–Crippen MR) is 76.5 cm³/mol. The van der Waals surface area contributed by atoms with Crippen molar-refractivity contribution < 1.29 is 18.5 Å². The van der Waals surface area contributed by atoms with Crippen molar-refractivity contribution in [3.05, 3.63) is 34.3 Å². The first-order valence-corrected chi connectivity index (χ1v) is 6.70. The first kappa shape index (κ1) is 16.8. The molecule has 0 radical (unpaired) electrons. The Hall–Kier alpha value is -1.21. The van der Waals surface area contributed by atoms with Gasteiger partial charge < -0.3 is 9.68 Å². The zero-order valence-electron chi connectivity index (χ0n) is 11.7. The molecule has 0 saturated carbocycles. The van der Waals surface area contributed by atoms with Gasteiger partial charge in [-0.1, -0.05) is 28.1 Å². The molecule has 112 valence electrons. The highest BCUT2D eigenvalue weighted by atomic mass is 79.9. The summed E-state index contributed by atoms with van der Waals surface area (Å²) in [6.45, 7) is 5.10. The summed E-state index contributed by atoms with van der Waals surface area (Å²) in [5.74, 6) is -4.26. The van der Waals surface area contributed by atoms with Crippen LogP contribution in [0.15, 0.2) is 33.9 Å². The third-order valence-electron chi connectivity index (χ3n) is 2.08. The largest absolute Gasteiger partial charge is 0.387 e. The number of oxime groups is 1. The van der Waals surface area contributed by atoms with Gasteiger partial charge >= 0.3 is 11.8 Å². The maximum Gasteiger partial charge on any atom is 0.352 e. The molecule has 0 aliphatic rings. The molecule has 0 aliphatic carbocycles. The van der Waals surface area contributed by atoms with Crippen LogP contribution >= 0.6 is 15.9 Å². The lowest BCUT2D eigenvalue weighted by Crippen LogP contribution is -2.33. The predicted octanol–water partition coefficient (Wildman–Crippen LogP) is 3.82. The van der Waals surface area contributed by atoms with Gasteiger partial charge in [-0.2, -0.15) is 14.3 Å². The lowest BCUT2D eigenvalue weighted by atomic mass is 10.1. The van der Waals surface area contributed by atoms with Gasteiger partial charge in [0.25, 0.3) is 0 Å². The molecule has 4 nitrogen and oxygen atoms in total. The second-order valence-electron chi connectivity index (χ2n) is 4.99. The molecule has 0 heterocycles. The molecular formula is C13H17BrF2N2O2. The lowest BCUT2D eigenvalue weighted by Gasteiger charge is -2.21. The fraction of sp³-hybridized carbons (Fsp3) is 0.462. The molecule has 20 heavy (non-hydrogen) atoms. The number of rotatable bonds is 4. The van der Waals surface area contributed by atoms with E-state index < -0.39 is 17.4 Å². The summed E-state index contributed by atoms with van der Waals surface area (Å²) in [5.41, 5.74) is 1.25. The van der Waals surface area contributed by atoms with Crippen LogP contribution in [0.5, 0.6) is 0 Å². The third-order valence-corrected chi connectivity index (χ3v) is 2.61. The number of halogens is 3. The third kappa shape index (κ3) is 4.72. The first-order chi connectivity index (χ1) is 9.16. The monoisotopic (exact) mass is 350 g/mol. The Morgan fingerprint density at radius 1 is 1.20 bits per heavy atom. The zero-order chi connectivity index (χ0) is 15.4. The fourth-order valence-corrected chi connectivity index (χ4v) is 1.46. The van der Waals surface area contributed by atoms with E-state index in [0.717, 1.165) is 0 Å². The van der Waals surface area contributed by atoms with Crippen molar-refractivity contribution in [1.82, 2.24) is 5.48 Å².